The Hall–Kier alpha value is -2.15. The Morgan fingerprint density at radius 2 is 1.96 bits per heavy atom. The van der Waals surface area contributed by atoms with E-state index >= 15 is 0 Å². The largest absolute Gasteiger partial charge is 0.484 e. The molecule has 0 aliphatic carbocycles. The Kier molecular flexibility index (Phi) is 5.22. The lowest BCUT2D eigenvalue weighted by atomic mass is 9.85. The van der Waals surface area contributed by atoms with E-state index in [1.165, 1.54) is 24.3 Å². The van der Waals surface area contributed by atoms with Crippen LogP contribution < -0.4 is 4.74 Å². The van der Waals surface area contributed by atoms with Crippen molar-refractivity contribution in [3.63, 3.8) is 0 Å². The van der Waals surface area contributed by atoms with E-state index in [4.69, 9.17) is 9.47 Å². The fourth-order valence-corrected chi connectivity index (χ4v) is 3.64. The molecule has 0 aromatic heterocycles. The summed E-state index contributed by atoms with van der Waals surface area (Å²) in [5.41, 5.74) is -0.339. The van der Waals surface area contributed by atoms with Crippen molar-refractivity contribution in [2.24, 2.45) is 0 Å². The van der Waals surface area contributed by atoms with Crippen LogP contribution in [0, 0.1) is 5.82 Å². The normalized spacial score (nSPS) is 20.0. The molecular weight excluding hydrogens is 327 g/mol. The van der Waals surface area contributed by atoms with Crippen molar-refractivity contribution >= 4 is 11.8 Å². The summed E-state index contributed by atoms with van der Waals surface area (Å²) in [6.07, 6.45) is 1.46. The van der Waals surface area contributed by atoms with Crippen LogP contribution in [0.4, 0.5) is 4.39 Å². The molecule has 0 bridgehead atoms. The fraction of sp³-hybridized carbons (Fsp3) is 0.556. The second kappa shape index (κ2) is 7.39. The number of rotatable bonds is 4. The molecule has 7 heteroatoms. The van der Waals surface area contributed by atoms with Crippen LogP contribution in [-0.4, -0.2) is 66.6 Å². The first-order valence-corrected chi connectivity index (χ1v) is 8.58. The molecule has 2 heterocycles. The standard InChI is InChI=1S/C18H23FN2O4/c1-2-21-16(22)11-20(13-18(21)7-9-24-10-8-18)17(23)12-25-15-5-3-14(19)4-6-15/h3-6H,2,7-13H2,1H3. The first-order valence-electron chi connectivity index (χ1n) is 8.58. The number of carbonyl (C=O) groups excluding carboxylic acids is 2. The quantitative estimate of drug-likeness (QED) is 0.825. The molecule has 1 spiro atoms. The zero-order chi connectivity index (χ0) is 17.9. The van der Waals surface area contributed by atoms with Gasteiger partial charge < -0.3 is 19.3 Å². The van der Waals surface area contributed by atoms with Crippen molar-refractivity contribution in [3.8, 4) is 5.75 Å². The highest BCUT2D eigenvalue weighted by molar-refractivity contribution is 5.87. The lowest BCUT2D eigenvalue weighted by molar-refractivity contribution is -0.161. The third-order valence-electron chi connectivity index (χ3n) is 4.95. The van der Waals surface area contributed by atoms with Gasteiger partial charge in [-0.25, -0.2) is 4.39 Å². The Balaban J connectivity index is 1.66. The van der Waals surface area contributed by atoms with Gasteiger partial charge >= 0.3 is 0 Å². The van der Waals surface area contributed by atoms with Gasteiger partial charge in [-0.1, -0.05) is 0 Å². The average Bonchev–Trinajstić information content (AvgIpc) is 2.61. The number of halogens is 1. The smallest absolute Gasteiger partial charge is 0.261 e. The van der Waals surface area contributed by atoms with Crippen LogP contribution in [0.3, 0.4) is 0 Å². The molecule has 3 rings (SSSR count). The molecule has 2 amide bonds. The zero-order valence-electron chi connectivity index (χ0n) is 14.4. The molecule has 2 aliphatic heterocycles. The van der Waals surface area contributed by atoms with Gasteiger partial charge in [0.1, 0.15) is 11.6 Å². The zero-order valence-corrected chi connectivity index (χ0v) is 14.4. The van der Waals surface area contributed by atoms with Gasteiger partial charge in [0, 0.05) is 26.3 Å². The highest BCUT2D eigenvalue weighted by Gasteiger charge is 2.46. The predicted octanol–water partition coefficient (Wildman–Crippen LogP) is 1.44. The van der Waals surface area contributed by atoms with Crippen molar-refractivity contribution in [3.05, 3.63) is 30.1 Å². The molecular formula is C18H23FN2O4. The minimum Gasteiger partial charge on any atom is -0.484 e. The van der Waals surface area contributed by atoms with Gasteiger partial charge in [0.2, 0.25) is 5.91 Å². The summed E-state index contributed by atoms with van der Waals surface area (Å²) in [5, 5.41) is 0. The van der Waals surface area contributed by atoms with Gasteiger partial charge in [0.05, 0.1) is 12.1 Å². The highest BCUT2D eigenvalue weighted by Crippen LogP contribution is 2.32. The number of carbonyl (C=O) groups is 2. The fourth-order valence-electron chi connectivity index (χ4n) is 3.64. The molecule has 1 aromatic rings. The Labute approximate surface area is 146 Å². The summed E-state index contributed by atoms with van der Waals surface area (Å²) >= 11 is 0. The number of hydrogen-bond donors (Lipinski definition) is 0. The topological polar surface area (TPSA) is 59.1 Å². The SMILES string of the molecule is CCN1C(=O)CN(C(=O)COc2ccc(F)cc2)CC12CCOCC2. The maximum absolute atomic E-state index is 12.9. The molecule has 0 unspecified atom stereocenters. The average molecular weight is 350 g/mol. The van der Waals surface area contributed by atoms with Crippen molar-refractivity contribution < 1.29 is 23.5 Å². The van der Waals surface area contributed by atoms with Gasteiger partial charge in [-0.05, 0) is 44.0 Å². The lowest BCUT2D eigenvalue weighted by Crippen LogP contribution is -2.67. The van der Waals surface area contributed by atoms with Crippen molar-refractivity contribution in [1.29, 1.82) is 0 Å². The summed E-state index contributed by atoms with van der Waals surface area (Å²) in [6.45, 7) is 4.19. The number of hydrogen-bond acceptors (Lipinski definition) is 4. The van der Waals surface area contributed by atoms with Crippen LogP contribution in [0.1, 0.15) is 19.8 Å². The number of amides is 2. The van der Waals surface area contributed by atoms with Crippen molar-refractivity contribution in [1.82, 2.24) is 9.80 Å². The van der Waals surface area contributed by atoms with E-state index in [9.17, 15) is 14.0 Å². The number of nitrogens with zero attached hydrogens (tertiary/aromatic N) is 2. The Morgan fingerprint density at radius 1 is 1.28 bits per heavy atom. The maximum atomic E-state index is 12.9. The molecule has 2 aliphatic rings. The summed E-state index contributed by atoms with van der Waals surface area (Å²) in [6, 6.07) is 5.51. The second-order valence-electron chi connectivity index (χ2n) is 6.47. The van der Waals surface area contributed by atoms with E-state index in [1.54, 1.807) is 4.90 Å². The molecule has 25 heavy (non-hydrogen) atoms. The third kappa shape index (κ3) is 3.76. The van der Waals surface area contributed by atoms with Gasteiger partial charge in [-0.3, -0.25) is 9.59 Å². The van der Waals surface area contributed by atoms with E-state index < -0.39 is 0 Å². The van der Waals surface area contributed by atoms with Gasteiger partial charge in [-0.15, -0.1) is 0 Å². The molecule has 6 nitrogen and oxygen atoms in total. The summed E-state index contributed by atoms with van der Waals surface area (Å²) in [4.78, 5) is 28.5. The van der Waals surface area contributed by atoms with E-state index in [-0.39, 0.29) is 36.3 Å². The van der Waals surface area contributed by atoms with E-state index in [0.29, 0.717) is 32.1 Å². The predicted molar refractivity (Wildman–Crippen MR) is 88.6 cm³/mol. The first-order chi connectivity index (χ1) is 12.0. The monoisotopic (exact) mass is 350 g/mol. The minimum absolute atomic E-state index is 0.0363. The van der Waals surface area contributed by atoms with Crippen molar-refractivity contribution in [2.75, 3.05) is 39.5 Å². The van der Waals surface area contributed by atoms with Crippen LogP contribution >= 0.6 is 0 Å². The Bertz CT molecular complexity index is 628. The molecule has 0 saturated carbocycles. The Morgan fingerprint density at radius 3 is 2.60 bits per heavy atom. The molecule has 136 valence electrons. The van der Waals surface area contributed by atoms with Crippen LogP contribution in [0.2, 0.25) is 0 Å². The second-order valence-corrected chi connectivity index (χ2v) is 6.47. The van der Waals surface area contributed by atoms with E-state index in [1.807, 2.05) is 11.8 Å². The van der Waals surface area contributed by atoms with E-state index in [0.717, 1.165) is 12.8 Å². The van der Waals surface area contributed by atoms with Crippen LogP contribution in [0.5, 0.6) is 5.75 Å². The highest BCUT2D eigenvalue weighted by atomic mass is 19.1. The number of likely N-dealkylation sites (N-methyl/N-ethyl adjacent to an activating group) is 1. The summed E-state index contributed by atoms with van der Waals surface area (Å²) in [5.74, 6) is -0.208. The summed E-state index contributed by atoms with van der Waals surface area (Å²) < 4.78 is 23.8. The molecule has 0 atom stereocenters. The van der Waals surface area contributed by atoms with Gasteiger partial charge in [0.25, 0.3) is 5.91 Å². The maximum Gasteiger partial charge on any atom is 0.261 e. The number of benzene rings is 1. The molecule has 0 radical (unpaired) electrons. The van der Waals surface area contributed by atoms with Gasteiger partial charge in [-0.2, -0.15) is 0 Å². The van der Waals surface area contributed by atoms with Gasteiger partial charge in [0.15, 0.2) is 6.61 Å². The number of ether oxygens (including phenoxy) is 2. The van der Waals surface area contributed by atoms with E-state index in [2.05, 4.69) is 0 Å². The van der Waals surface area contributed by atoms with Crippen molar-refractivity contribution in [2.45, 2.75) is 25.3 Å². The van der Waals surface area contributed by atoms with Crippen LogP contribution in [0.15, 0.2) is 24.3 Å². The molecule has 1 aromatic carbocycles. The number of piperazine rings is 1. The first kappa shape index (κ1) is 17.7. The molecule has 0 N–H and O–H groups in total. The summed E-state index contributed by atoms with van der Waals surface area (Å²) in [7, 11) is 0. The van der Waals surface area contributed by atoms with Crippen LogP contribution in [0.25, 0.3) is 0 Å². The molecule has 2 fully saturated rings. The minimum atomic E-state index is -0.360. The lowest BCUT2D eigenvalue weighted by Gasteiger charge is -2.52. The molecule has 2 saturated heterocycles. The van der Waals surface area contributed by atoms with Crippen LogP contribution in [-0.2, 0) is 14.3 Å². The third-order valence-corrected chi connectivity index (χ3v) is 4.95.